The number of hydrogen-bond acceptors (Lipinski definition) is 7. The average molecular weight is 394 g/mol. The van der Waals surface area contributed by atoms with Crippen molar-refractivity contribution in [3.8, 4) is 17.1 Å². The number of ketones is 1. The van der Waals surface area contributed by atoms with Gasteiger partial charge in [0.1, 0.15) is 12.1 Å². The van der Waals surface area contributed by atoms with Crippen LogP contribution in [0, 0.1) is 0 Å². The summed E-state index contributed by atoms with van der Waals surface area (Å²) in [5.74, 6) is 1.08. The van der Waals surface area contributed by atoms with E-state index < -0.39 is 0 Å². The van der Waals surface area contributed by atoms with E-state index in [0.717, 1.165) is 0 Å². The Morgan fingerprint density at radius 2 is 2.00 bits per heavy atom. The molecule has 0 spiro atoms. The Kier molecular flexibility index (Phi) is 5.87. The van der Waals surface area contributed by atoms with Gasteiger partial charge in [0.2, 0.25) is 5.91 Å². The maximum Gasteiger partial charge on any atom is 0.225 e. The van der Waals surface area contributed by atoms with Crippen LogP contribution in [0.15, 0.2) is 36.8 Å². The van der Waals surface area contributed by atoms with E-state index in [2.05, 4.69) is 25.7 Å². The highest BCUT2D eigenvalue weighted by molar-refractivity contribution is 6.01. The second-order valence-electron chi connectivity index (χ2n) is 6.33. The zero-order valence-corrected chi connectivity index (χ0v) is 16.7. The Labute approximate surface area is 168 Å². The normalized spacial score (nSPS) is 10.5. The molecule has 0 radical (unpaired) electrons. The van der Waals surface area contributed by atoms with Gasteiger partial charge < -0.3 is 15.4 Å². The first-order valence-corrected chi connectivity index (χ1v) is 9.03. The van der Waals surface area contributed by atoms with Gasteiger partial charge in [-0.1, -0.05) is 13.0 Å². The zero-order valence-electron chi connectivity index (χ0n) is 16.7. The molecule has 2 heterocycles. The van der Waals surface area contributed by atoms with Crippen LogP contribution >= 0.6 is 0 Å². The number of methoxy groups -OCH3 is 1. The smallest absolute Gasteiger partial charge is 0.225 e. The van der Waals surface area contributed by atoms with Crippen molar-refractivity contribution >= 4 is 28.9 Å². The molecule has 0 saturated heterocycles. The third-order valence-corrected chi connectivity index (χ3v) is 4.20. The van der Waals surface area contributed by atoms with Crippen LogP contribution in [0.2, 0.25) is 0 Å². The number of para-hydroxylation sites is 1. The third kappa shape index (κ3) is 4.40. The van der Waals surface area contributed by atoms with E-state index in [-0.39, 0.29) is 11.7 Å². The van der Waals surface area contributed by atoms with E-state index in [1.165, 1.54) is 13.1 Å². The number of amides is 1. The van der Waals surface area contributed by atoms with E-state index >= 15 is 0 Å². The molecular weight excluding hydrogens is 372 g/mol. The number of aromatic nitrogens is 4. The molecule has 9 heteroatoms. The van der Waals surface area contributed by atoms with E-state index in [1.807, 2.05) is 18.2 Å². The van der Waals surface area contributed by atoms with Crippen molar-refractivity contribution in [3.05, 3.63) is 42.4 Å². The Morgan fingerprint density at radius 1 is 1.21 bits per heavy atom. The molecule has 0 aliphatic carbocycles. The molecule has 0 bridgehead atoms. The molecule has 2 aromatic heterocycles. The standard InChI is InChI=1S/C20H22N6O3/c1-5-18(28)24-17-9-16(14(10-21-17)12(2)27)23-15-8-6-7-13(19(15)29-4)20-22-11-26(3)25-20/h6-11H,5H2,1-4H3,(H2,21,23,24,28). The summed E-state index contributed by atoms with van der Waals surface area (Å²) < 4.78 is 7.21. The van der Waals surface area contributed by atoms with E-state index in [0.29, 0.717) is 46.3 Å². The highest BCUT2D eigenvalue weighted by atomic mass is 16.5. The fourth-order valence-corrected chi connectivity index (χ4v) is 2.78. The van der Waals surface area contributed by atoms with Crippen LogP contribution < -0.4 is 15.4 Å². The number of aryl methyl sites for hydroxylation is 1. The number of rotatable bonds is 7. The molecule has 1 aromatic carbocycles. The van der Waals surface area contributed by atoms with Crippen LogP contribution in [0.5, 0.6) is 5.75 Å². The van der Waals surface area contributed by atoms with Crippen molar-refractivity contribution < 1.29 is 14.3 Å². The monoisotopic (exact) mass is 394 g/mol. The van der Waals surface area contributed by atoms with Crippen molar-refractivity contribution in [2.45, 2.75) is 20.3 Å². The van der Waals surface area contributed by atoms with Crippen molar-refractivity contribution in [1.29, 1.82) is 0 Å². The number of pyridine rings is 1. The number of hydrogen-bond donors (Lipinski definition) is 2. The number of benzene rings is 1. The first-order valence-electron chi connectivity index (χ1n) is 9.03. The van der Waals surface area contributed by atoms with Crippen LogP contribution in [0.3, 0.4) is 0 Å². The van der Waals surface area contributed by atoms with E-state index in [1.54, 1.807) is 38.2 Å². The number of carbonyl (C=O) groups is 2. The highest BCUT2D eigenvalue weighted by Crippen LogP contribution is 2.37. The van der Waals surface area contributed by atoms with E-state index in [4.69, 9.17) is 4.74 Å². The summed E-state index contributed by atoms with van der Waals surface area (Å²) in [6.07, 6.45) is 3.37. The van der Waals surface area contributed by atoms with Gasteiger partial charge in [-0.3, -0.25) is 14.3 Å². The van der Waals surface area contributed by atoms with Crippen LogP contribution in [0.25, 0.3) is 11.4 Å². The number of carbonyl (C=O) groups excluding carboxylic acids is 2. The quantitative estimate of drug-likeness (QED) is 0.592. The lowest BCUT2D eigenvalue weighted by atomic mass is 10.1. The Bertz CT molecular complexity index is 1060. The number of nitrogens with zero attached hydrogens (tertiary/aromatic N) is 4. The number of Topliss-reactive ketones (excluding diaryl/α,β-unsaturated/α-hetero) is 1. The fraction of sp³-hybridized carbons (Fsp3) is 0.250. The first kappa shape index (κ1) is 20.0. The van der Waals surface area contributed by atoms with Crippen molar-refractivity contribution in [2.24, 2.45) is 7.05 Å². The Morgan fingerprint density at radius 3 is 2.62 bits per heavy atom. The fourth-order valence-electron chi connectivity index (χ4n) is 2.78. The maximum atomic E-state index is 12.1. The summed E-state index contributed by atoms with van der Waals surface area (Å²) >= 11 is 0. The summed E-state index contributed by atoms with van der Waals surface area (Å²) in [7, 11) is 3.34. The third-order valence-electron chi connectivity index (χ3n) is 4.20. The second-order valence-corrected chi connectivity index (χ2v) is 6.33. The van der Waals surface area contributed by atoms with Crippen molar-refractivity contribution in [2.75, 3.05) is 17.7 Å². The minimum Gasteiger partial charge on any atom is -0.494 e. The van der Waals surface area contributed by atoms with Gasteiger partial charge in [-0.25, -0.2) is 9.97 Å². The summed E-state index contributed by atoms with van der Waals surface area (Å²) in [6, 6.07) is 7.13. The first-order chi connectivity index (χ1) is 13.9. The molecule has 0 fully saturated rings. The molecule has 3 rings (SSSR count). The van der Waals surface area contributed by atoms with Gasteiger partial charge in [0.25, 0.3) is 0 Å². The summed E-state index contributed by atoms with van der Waals surface area (Å²) in [5, 5.41) is 10.2. The molecular formula is C20H22N6O3. The van der Waals surface area contributed by atoms with Crippen molar-refractivity contribution in [3.63, 3.8) is 0 Å². The SMILES string of the molecule is CCC(=O)Nc1cc(Nc2cccc(-c3ncn(C)n3)c2OC)c(C(C)=O)cn1. The molecule has 29 heavy (non-hydrogen) atoms. The molecule has 0 saturated carbocycles. The molecule has 3 aromatic rings. The topological polar surface area (TPSA) is 111 Å². The molecule has 0 atom stereocenters. The Hall–Kier alpha value is -3.75. The molecule has 9 nitrogen and oxygen atoms in total. The lowest BCUT2D eigenvalue weighted by molar-refractivity contribution is -0.115. The molecule has 0 aliphatic rings. The van der Waals surface area contributed by atoms with Gasteiger partial charge in [0.15, 0.2) is 17.4 Å². The minimum atomic E-state index is -0.167. The molecule has 0 aliphatic heterocycles. The summed E-state index contributed by atoms with van der Waals surface area (Å²) in [6.45, 7) is 3.21. The lowest BCUT2D eigenvalue weighted by Crippen LogP contribution is -2.12. The number of nitrogens with one attached hydrogen (secondary N) is 2. The highest BCUT2D eigenvalue weighted by Gasteiger charge is 2.17. The van der Waals surface area contributed by atoms with Gasteiger partial charge in [0, 0.05) is 25.7 Å². The molecule has 2 N–H and O–H groups in total. The van der Waals surface area contributed by atoms with Crippen LogP contribution in [0.4, 0.5) is 17.2 Å². The van der Waals surface area contributed by atoms with Gasteiger partial charge in [-0.15, -0.1) is 0 Å². The predicted molar refractivity (Wildman–Crippen MR) is 109 cm³/mol. The van der Waals surface area contributed by atoms with Crippen molar-refractivity contribution in [1.82, 2.24) is 19.7 Å². The van der Waals surface area contributed by atoms with Crippen LogP contribution in [-0.4, -0.2) is 38.5 Å². The van der Waals surface area contributed by atoms with Gasteiger partial charge in [0.05, 0.1) is 29.6 Å². The molecule has 150 valence electrons. The van der Waals surface area contributed by atoms with Gasteiger partial charge >= 0.3 is 0 Å². The van der Waals surface area contributed by atoms with E-state index in [9.17, 15) is 9.59 Å². The minimum absolute atomic E-state index is 0.158. The average Bonchev–Trinajstić information content (AvgIpc) is 3.13. The predicted octanol–water partition coefficient (Wildman–Crippen LogP) is 3.18. The Balaban J connectivity index is 2.03. The van der Waals surface area contributed by atoms with Gasteiger partial charge in [-0.2, -0.15) is 5.10 Å². The number of ether oxygens (including phenoxy) is 1. The second kappa shape index (κ2) is 8.51. The number of anilines is 3. The lowest BCUT2D eigenvalue weighted by Gasteiger charge is -2.16. The largest absolute Gasteiger partial charge is 0.494 e. The molecule has 1 amide bonds. The maximum absolute atomic E-state index is 12.1. The van der Waals surface area contributed by atoms with Crippen LogP contribution in [-0.2, 0) is 11.8 Å². The zero-order chi connectivity index (χ0) is 21.0. The summed E-state index contributed by atoms with van der Waals surface area (Å²) in [5.41, 5.74) is 2.22. The molecule has 0 unspecified atom stereocenters. The van der Waals surface area contributed by atoms with Gasteiger partial charge in [-0.05, 0) is 19.1 Å². The summed E-state index contributed by atoms with van der Waals surface area (Å²) in [4.78, 5) is 32.2. The van der Waals surface area contributed by atoms with Crippen LogP contribution in [0.1, 0.15) is 30.6 Å².